The molecule has 112 valence electrons. The predicted octanol–water partition coefficient (Wildman–Crippen LogP) is 1.96. The SMILES string of the molecule is Cc1cc(-c2nc(C3(N)CCC3)no2)ccc1-n1cncn1. The standard InChI is InChI=1S/C15H16N6O/c1-10-7-11(3-4-12(10)21-9-17-8-18-21)13-19-14(20-22-13)15(16)5-2-6-15/h3-4,7-9H,2,5-6,16H2,1H3. The van der Waals surface area contributed by atoms with E-state index in [1.807, 2.05) is 25.1 Å². The lowest BCUT2D eigenvalue weighted by molar-refractivity contribution is 0.229. The molecule has 0 spiro atoms. The number of aromatic nitrogens is 5. The van der Waals surface area contributed by atoms with Gasteiger partial charge in [-0.3, -0.25) is 0 Å². The van der Waals surface area contributed by atoms with Crippen molar-refractivity contribution >= 4 is 0 Å². The van der Waals surface area contributed by atoms with Crippen molar-refractivity contribution in [2.75, 3.05) is 0 Å². The summed E-state index contributed by atoms with van der Waals surface area (Å²) in [5.41, 5.74) is 8.72. The van der Waals surface area contributed by atoms with Crippen molar-refractivity contribution < 1.29 is 4.52 Å². The number of benzene rings is 1. The van der Waals surface area contributed by atoms with Crippen LogP contribution < -0.4 is 5.73 Å². The Bertz CT molecular complexity index is 803. The highest BCUT2D eigenvalue weighted by Gasteiger charge is 2.39. The Balaban J connectivity index is 1.67. The van der Waals surface area contributed by atoms with Gasteiger partial charge in [0, 0.05) is 5.56 Å². The van der Waals surface area contributed by atoms with Gasteiger partial charge in [0.2, 0.25) is 0 Å². The number of nitrogens with two attached hydrogens (primary N) is 1. The molecule has 0 aliphatic heterocycles. The highest BCUT2D eigenvalue weighted by Crippen LogP contribution is 2.37. The quantitative estimate of drug-likeness (QED) is 0.793. The number of hydrogen-bond acceptors (Lipinski definition) is 6. The third-order valence-electron chi connectivity index (χ3n) is 4.23. The van der Waals surface area contributed by atoms with Gasteiger partial charge < -0.3 is 10.3 Å². The third kappa shape index (κ3) is 2.01. The molecule has 7 nitrogen and oxygen atoms in total. The summed E-state index contributed by atoms with van der Waals surface area (Å²) in [6.07, 6.45) is 6.12. The molecule has 22 heavy (non-hydrogen) atoms. The van der Waals surface area contributed by atoms with Crippen LogP contribution in [0, 0.1) is 6.92 Å². The number of nitrogens with zero attached hydrogens (tertiary/aromatic N) is 5. The molecule has 2 heterocycles. The third-order valence-corrected chi connectivity index (χ3v) is 4.23. The first-order valence-electron chi connectivity index (χ1n) is 7.25. The van der Waals surface area contributed by atoms with E-state index in [9.17, 15) is 0 Å². The molecule has 2 N–H and O–H groups in total. The topological polar surface area (TPSA) is 95.7 Å². The molecule has 1 aromatic carbocycles. The van der Waals surface area contributed by atoms with Gasteiger partial charge in [-0.05, 0) is 49.9 Å². The maximum absolute atomic E-state index is 6.23. The monoisotopic (exact) mass is 296 g/mol. The molecule has 0 atom stereocenters. The lowest BCUT2D eigenvalue weighted by atomic mass is 9.77. The van der Waals surface area contributed by atoms with Crippen molar-refractivity contribution in [3.63, 3.8) is 0 Å². The number of hydrogen-bond donors (Lipinski definition) is 1. The van der Waals surface area contributed by atoms with Gasteiger partial charge in [0.05, 0.1) is 11.2 Å². The molecule has 3 aromatic rings. The average Bonchev–Trinajstić information content (AvgIpc) is 3.16. The van der Waals surface area contributed by atoms with E-state index in [1.54, 1.807) is 11.0 Å². The number of rotatable bonds is 3. The molecule has 0 radical (unpaired) electrons. The Labute approximate surface area is 127 Å². The summed E-state index contributed by atoms with van der Waals surface area (Å²) in [6.45, 7) is 2.01. The Morgan fingerprint density at radius 1 is 1.32 bits per heavy atom. The van der Waals surface area contributed by atoms with Crippen molar-refractivity contribution in [1.29, 1.82) is 0 Å². The zero-order chi connectivity index (χ0) is 15.2. The molecule has 2 aromatic heterocycles. The van der Waals surface area contributed by atoms with E-state index in [4.69, 9.17) is 10.3 Å². The van der Waals surface area contributed by atoms with Crippen LogP contribution in [0.15, 0.2) is 35.4 Å². The van der Waals surface area contributed by atoms with E-state index >= 15 is 0 Å². The van der Waals surface area contributed by atoms with Crippen molar-refractivity contribution in [2.45, 2.75) is 31.7 Å². The van der Waals surface area contributed by atoms with Gasteiger partial charge in [-0.1, -0.05) is 5.16 Å². The van der Waals surface area contributed by atoms with E-state index in [0.29, 0.717) is 11.7 Å². The van der Waals surface area contributed by atoms with Crippen LogP contribution in [0.1, 0.15) is 30.7 Å². The maximum Gasteiger partial charge on any atom is 0.258 e. The molecule has 0 bridgehead atoms. The molecule has 0 unspecified atom stereocenters. The molecule has 0 saturated heterocycles. The molecule has 1 aliphatic carbocycles. The summed E-state index contributed by atoms with van der Waals surface area (Å²) >= 11 is 0. The number of aryl methyl sites for hydroxylation is 1. The fourth-order valence-corrected chi connectivity index (χ4v) is 2.70. The van der Waals surface area contributed by atoms with Crippen molar-refractivity contribution in [2.24, 2.45) is 5.73 Å². The zero-order valence-corrected chi connectivity index (χ0v) is 12.2. The highest BCUT2D eigenvalue weighted by atomic mass is 16.5. The molecular formula is C15H16N6O. The first-order valence-corrected chi connectivity index (χ1v) is 7.25. The van der Waals surface area contributed by atoms with Gasteiger partial charge in [0.1, 0.15) is 12.7 Å². The fourth-order valence-electron chi connectivity index (χ4n) is 2.70. The van der Waals surface area contributed by atoms with Crippen LogP contribution in [0.3, 0.4) is 0 Å². The summed E-state index contributed by atoms with van der Waals surface area (Å²) < 4.78 is 7.11. The van der Waals surface area contributed by atoms with Gasteiger partial charge in [0.25, 0.3) is 5.89 Å². The molecule has 1 fully saturated rings. The van der Waals surface area contributed by atoms with E-state index in [1.165, 1.54) is 6.33 Å². The fraction of sp³-hybridized carbons (Fsp3) is 0.333. The van der Waals surface area contributed by atoms with Gasteiger partial charge in [-0.2, -0.15) is 10.1 Å². The summed E-state index contributed by atoms with van der Waals surface area (Å²) in [7, 11) is 0. The van der Waals surface area contributed by atoms with Crippen LogP contribution >= 0.6 is 0 Å². The van der Waals surface area contributed by atoms with E-state index in [0.717, 1.165) is 36.1 Å². The minimum absolute atomic E-state index is 0.405. The molecule has 7 heteroatoms. The van der Waals surface area contributed by atoms with Crippen molar-refractivity contribution in [3.05, 3.63) is 42.2 Å². The van der Waals surface area contributed by atoms with Crippen molar-refractivity contribution in [3.8, 4) is 17.1 Å². The zero-order valence-electron chi connectivity index (χ0n) is 12.2. The molecule has 4 rings (SSSR count). The lowest BCUT2D eigenvalue weighted by Crippen LogP contribution is -2.44. The summed E-state index contributed by atoms with van der Waals surface area (Å²) in [6, 6.07) is 5.90. The normalized spacial score (nSPS) is 16.5. The Morgan fingerprint density at radius 3 is 2.82 bits per heavy atom. The van der Waals surface area contributed by atoms with E-state index in [2.05, 4.69) is 20.2 Å². The van der Waals surface area contributed by atoms with Crippen LogP contribution in [0.25, 0.3) is 17.1 Å². The second-order valence-electron chi connectivity index (χ2n) is 5.77. The second kappa shape index (κ2) is 4.74. The second-order valence-corrected chi connectivity index (χ2v) is 5.77. The van der Waals surface area contributed by atoms with Crippen molar-refractivity contribution in [1.82, 2.24) is 24.9 Å². The van der Waals surface area contributed by atoms with Crippen LogP contribution in [-0.2, 0) is 5.54 Å². The first-order chi connectivity index (χ1) is 10.7. The Morgan fingerprint density at radius 2 is 2.18 bits per heavy atom. The smallest absolute Gasteiger partial charge is 0.258 e. The summed E-state index contributed by atoms with van der Waals surface area (Å²) in [4.78, 5) is 8.43. The molecule has 0 amide bonds. The minimum atomic E-state index is -0.405. The lowest BCUT2D eigenvalue weighted by Gasteiger charge is -2.34. The molecular weight excluding hydrogens is 280 g/mol. The van der Waals surface area contributed by atoms with Crippen LogP contribution in [0.2, 0.25) is 0 Å². The predicted molar refractivity (Wildman–Crippen MR) is 79.1 cm³/mol. The van der Waals surface area contributed by atoms with Gasteiger partial charge in [-0.25, -0.2) is 9.67 Å². The maximum atomic E-state index is 6.23. The highest BCUT2D eigenvalue weighted by molar-refractivity contribution is 5.58. The van der Waals surface area contributed by atoms with Gasteiger partial charge in [0.15, 0.2) is 5.82 Å². The van der Waals surface area contributed by atoms with Crippen LogP contribution in [0.5, 0.6) is 0 Å². The van der Waals surface area contributed by atoms with Gasteiger partial charge >= 0.3 is 0 Å². The Hall–Kier alpha value is -2.54. The largest absolute Gasteiger partial charge is 0.334 e. The summed E-state index contributed by atoms with van der Waals surface area (Å²) in [5, 5.41) is 8.19. The minimum Gasteiger partial charge on any atom is -0.334 e. The van der Waals surface area contributed by atoms with E-state index < -0.39 is 5.54 Å². The van der Waals surface area contributed by atoms with E-state index in [-0.39, 0.29) is 0 Å². The molecule has 1 saturated carbocycles. The Kier molecular flexibility index (Phi) is 2.83. The first kappa shape index (κ1) is 13.1. The van der Waals surface area contributed by atoms with Gasteiger partial charge in [-0.15, -0.1) is 0 Å². The summed E-state index contributed by atoms with van der Waals surface area (Å²) in [5.74, 6) is 1.10. The molecule has 1 aliphatic rings. The van der Waals surface area contributed by atoms with Crippen LogP contribution in [-0.4, -0.2) is 24.9 Å². The average molecular weight is 296 g/mol. The van der Waals surface area contributed by atoms with Crippen LogP contribution in [0.4, 0.5) is 0 Å².